The van der Waals surface area contributed by atoms with Crippen LogP contribution in [0, 0.1) is 0 Å². The van der Waals surface area contributed by atoms with Crippen molar-refractivity contribution in [3.8, 4) is 11.5 Å². The summed E-state index contributed by atoms with van der Waals surface area (Å²) in [6.07, 6.45) is 3.50. The standard InChI is InChI=1S/C15H22O4/c1-2-17-14-8-5-6-12(10-16)15(14)19-11-13-7-3-4-9-18-13/h5-6,8,13,16H,2-4,7,9-11H2,1H3. The smallest absolute Gasteiger partial charge is 0.166 e. The molecular formula is C15H22O4. The molecule has 0 amide bonds. The van der Waals surface area contributed by atoms with Crippen molar-refractivity contribution in [2.24, 2.45) is 0 Å². The highest BCUT2D eigenvalue weighted by Gasteiger charge is 2.17. The van der Waals surface area contributed by atoms with E-state index >= 15 is 0 Å². The lowest BCUT2D eigenvalue weighted by atomic mass is 10.1. The van der Waals surface area contributed by atoms with Crippen molar-refractivity contribution in [1.29, 1.82) is 0 Å². The van der Waals surface area contributed by atoms with E-state index in [4.69, 9.17) is 14.2 Å². The van der Waals surface area contributed by atoms with Crippen LogP contribution >= 0.6 is 0 Å². The van der Waals surface area contributed by atoms with Crippen LogP contribution in [-0.2, 0) is 11.3 Å². The van der Waals surface area contributed by atoms with Gasteiger partial charge in [-0.1, -0.05) is 12.1 Å². The van der Waals surface area contributed by atoms with Gasteiger partial charge in [-0.2, -0.15) is 0 Å². The normalized spacial score (nSPS) is 19.2. The van der Waals surface area contributed by atoms with E-state index in [2.05, 4.69) is 0 Å². The minimum absolute atomic E-state index is 0.0538. The maximum atomic E-state index is 9.38. The molecule has 2 rings (SSSR count). The van der Waals surface area contributed by atoms with Gasteiger partial charge in [-0.05, 0) is 32.3 Å². The predicted octanol–water partition coefficient (Wildman–Crippen LogP) is 2.53. The Morgan fingerprint density at radius 1 is 1.32 bits per heavy atom. The number of aliphatic hydroxyl groups is 1. The van der Waals surface area contributed by atoms with Crippen LogP contribution in [0.5, 0.6) is 11.5 Å². The molecule has 0 bridgehead atoms. The Kier molecular flexibility index (Phi) is 5.48. The molecule has 19 heavy (non-hydrogen) atoms. The summed E-state index contributed by atoms with van der Waals surface area (Å²) < 4.78 is 17.0. The fourth-order valence-electron chi connectivity index (χ4n) is 2.23. The van der Waals surface area contributed by atoms with Crippen molar-refractivity contribution in [2.45, 2.75) is 38.9 Å². The first-order valence-electron chi connectivity index (χ1n) is 6.95. The van der Waals surface area contributed by atoms with Gasteiger partial charge in [0, 0.05) is 12.2 Å². The molecule has 0 aromatic heterocycles. The third-order valence-electron chi connectivity index (χ3n) is 3.22. The van der Waals surface area contributed by atoms with Gasteiger partial charge in [0.25, 0.3) is 0 Å². The lowest BCUT2D eigenvalue weighted by molar-refractivity contribution is -0.0119. The largest absolute Gasteiger partial charge is 0.490 e. The minimum atomic E-state index is -0.0538. The third kappa shape index (κ3) is 3.85. The summed E-state index contributed by atoms with van der Waals surface area (Å²) in [5.41, 5.74) is 0.752. The van der Waals surface area contributed by atoms with Crippen molar-refractivity contribution in [2.75, 3.05) is 19.8 Å². The van der Waals surface area contributed by atoms with Crippen molar-refractivity contribution in [3.63, 3.8) is 0 Å². The summed E-state index contributed by atoms with van der Waals surface area (Å²) in [4.78, 5) is 0. The Morgan fingerprint density at radius 3 is 2.89 bits per heavy atom. The zero-order valence-electron chi connectivity index (χ0n) is 11.4. The molecule has 1 fully saturated rings. The van der Waals surface area contributed by atoms with Crippen molar-refractivity contribution in [3.05, 3.63) is 23.8 Å². The summed E-state index contributed by atoms with van der Waals surface area (Å²) in [5, 5.41) is 9.38. The average molecular weight is 266 g/mol. The molecule has 1 N–H and O–H groups in total. The molecule has 0 saturated carbocycles. The molecule has 1 aliphatic rings. The topological polar surface area (TPSA) is 47.9 Å². The van der Waals surface area contributed by atoms with Crippen molar-refractivity contribution < 1.29 is 19.3 Å². The quantitative estimate of drug-likeness (QED) is 0.859. The van der Waals surface area contributed by atoms with Gasteiger partial charge in [0.05, 0.1) is 19.3 Å². The van der Waals surface area contributed by atoms with E-state index < -0.39 is 0 Å². The van der Waals surface area contributed by atoms with E-state index in [1.807, 2.05) is 25.1 Å². The summed E-state index contributed by atoms with van der Waals surface area (Å²) in [7, 11) is 0. The van der Waals surface area contributed by atoms with E-state index in [-0.39, 0.29) is 12.7 Å². The predicted molar refractivity (Wildman–Crippen MR) is 72.6 cm³/mol. The molecule has 0 aliphatic carbocycles. The summed E-state index contributed by atoms with van der Waals surface area (Å²) in [6.45, 7) is 3.78. The van der Waals surface area contributed by atoms with Crippen LogP contribution < -0.4 is 9.47 Å². The Hall–Kier alpha value is -1.26. The molecule has 106 valence electrons. The molecule has 1 heterocycles. The lowest BCUT2D eigenvalue weighted by Gasteiger charge is -2.24. The highest BCUT2D eigenvalue weighted by molar-refractivity contribution is 5.46. The van der Waals surface area contributed by atoms with E-state index in [1.165, 1.54) is 6.42 Å². The van der Waals surface area contributed by atoms with Gasteiger partial charge in [-0.3, -0.25) is 0 Å². The second-order valence-electron chi connectivity index (χ2n) is 4.64. The van der Waals surface area contributed by atoms with E-state index in [0.29, 0.717) is 24.7 Å². The molecule has 4 heteroatoms. The molecule has 1 atom stereocenters. The fraction of sp³-hybridized carbons (Fsp3) is 0.600. The van der Waals surface area contributed by atoms with E-state index in [1.54, 1.807) is 0 Å². The Labute approximate surface area is 114 Å². The maximum Gasteiger partial charge on any atom is 0.166 e. The van der Waals surface area contributed by atoms with Gasteiger partial charge in [0.1, 0.15) is 6.61 Å². The van der Waals surface area contributed by atoms with Gasteiger partial charge in [0.15, 0.2) is 11.5 Å². The van der Waals surface area contributed by atoms with Gasteiger partial charge in [0.2, 0.25) is 0 Å². The minimum Gasteiger partial charge on any atom is -0.490 e. The molecule has 1 aliphatic heterocycles. The molecule has 4 nitrogen and oxygen atoms in total. The molecule has 0 spiro atoms. The van der Waals surface area contributed by atoms with Crippen molar-refractivity contribution >= 4 is 0 Å². The zero-order valence-corrected chi connectivity index (χ0v) is 11.4. The number of aliphatic hydroxyl groups excluding tert-OH is 1. The summed E-state index contributed by atoms with van der Waals surface area (Å²) in [6, 6.07) is 5.57. The molecular weight excluding hydrogens is 244 g/mol. The third-order valence-corrected chi connectivity index (χ3v) is 3.22. The number of hydrogen-bond acceptors (Lipinski definition) is 4. The van der Waals surface area contributed by atoms with Crippen LogP contribution in [0.15, 0.2) is 18.2 Å². The Bertz CT molecular complexity index is 386. The number of hydrogen-bond donors (Lipinski definition) is 1. The first kappa shape index (κ1) is 14.2. The lowest BCUT2D eigenvalue weighted by Crippen LogP contribution is -2.26. The second-order valence-corrected chi connectivity index (χ2v) is 4.64. The van der Waals surface area contributed by atoms with Crippen LogP contribution in [0.1, 0.15) is 31.7 Å². The highest BCUT2D eigenvalue weighted by Crippen LogP contribution is 2.32. The Morgan fingerprint density at radius 2 is 2.21 bits per heavy atom. The number of benzene rings is 1. The number of rotatable bonds is 6. The monoisotopic (exact) mass is 266 g/mol. The zero-order chi connectivity index (χ0) is 13.5. The Balaban J connectivity index is 2.03. The van der Waals surface area contributed by atoms with Gasteiger partial charge >= 0.3 is 0 Å². The molecule has 1 aromatic rings. The summed E-state index contributed by atoms with van der Waals surface area (Å²) in [5.74, 6) is 1.32. The first-order chi connectivity index (χ1) is 9.35. The number of para-hydroxylation sites is 1. The van der Waals surface area contributed by atoms with E-state index in [0.717, 1.165) is 25.0 Å². The van der Waals surface area contributed by atoms with Crippen LogP contribution in [0.25, 0.3) is 0 Å². The van der Waals surface area contributed by atoms with E-state index in [9.17, 15) is 5.11 Å². The van der Waals surface area contributed by atoms with Crippen LogP contribution in [0.3, 0.4) is 0 Å². The summed E-state index contributed by atoms with van der Waals surface area (Å²) >= 11 is 0. The molecule has 1 saturated heterocycles. The average Bonchev–Trinajstić information content (AvgIpc) is 2.47. The van der Waals surface area contributed by atoms with Crippen LogP contribution in [-0.4, -0.2) is 31.0 Å². The van der Waals surface area contributed by atoms with Gasteiger partial charge in [-0.15, -0.1) is 0 Å². The second kappa shape index (κ2) is 7.36. The van der Waals surface area contributed by atoms with Gasteiger partial charge in [-0.25, -0.2) is 0 Å². The molecule has 1 aromatic carbocycles. The van der Waals surface area contributed by atoms with Gasteiger partial charge < -0.3 is 19.3 Å². The van der Waals surface area contributed by atoms with Crippen molar-refractivity contribution in [1.82, 2.24) is 0 Å². The molecule has 0 radical (unpaired) electrons. The van der Waals surface area contributed by atoms with Crippen LogP contribution in [0.4, 0.5) is 0 Å². The first-order valence-corrected chi connectivity index (χ1v) is 6.95. The number of ether oxygens (including phenoxy) is 3. The fourth-order valence-corrected chi connectivity index (χ4v) is 2.23. The maximum absolute atomic E-state index is 9.38. The molecule has 1 unspecified atom stereocenters. The van der Waals surface area contributed by atoms with Crippen LogP contribution in [0.2, 0.25) is 0 Å². The SMILES string of the molecule is CCOc1cccc(CO)c1OCC1CCCCO1. The highest BCUT2D eigenvalue weighted by atomic mass is 16.5.